The Morgan fingerprint density at radius 3 is 0.818 bits per heavy atom. The van der Waals surface area contributed by atoms with Gasteiger partial charge in [0.1, 0.15) is 0 Å². The zero-order valence-electron chi connectivity index (χ0n) is 17.5. The summed E-state index contributed by atoms with van der Waals surface area (Å²) in [4.78, 5) is 30.3. The Morgan fingerprint density at radius 2 is 0.697 bits per heavy atom. The molecule has 0 saturated carbocycles. The van der Waals surface area contributed by atoms with Crippen molar-refractivity contribution in [2.45, 2.75) is 0 Å². The Kier molecular flexibility index (Phi) is 15.7. The summed E-state index contributed by atoms with van der Waals surface area (Å²) in [6.45, 7) is 0. The van der Waals surface area contributed by atoms with E-state index in [-0.39, 0.29) is 38.4 Å². The maximum absolute atomic E-state index is 10.1. The van der Waals surface area contributed by atoms with Gasteiger partial charge in [-0.2, -0.15) is 18.2 Å². The molecule has 33 heavy (non-hydrogen) atoms. The van der Waals surface area contributed by atoms with Crippen molar-refractivity contribution in [3.05, 3.63) is 138 Å². The monoisotopic (exact) mass is 476 g/mol. The molecule has 0 amide bonds. The molecule has 0 fully saturated rings. The third kappa shape index (κ3) is 13.9. The molecule has 0 aliphatic heterocycles. The van der Waals surface area contributed by atoms with Crippen molar-refractivity contribution >= 4 is 17.9 Å². The number of rotatable bonds is 3. The van der Waals surface area contributed by atoms with Gasteiger partial charge in [-0.15, -0.1) is 0 Å². The minimum Gasteiger partial charge on any atom is -0.545 e. The van der Waals surface area contributed by atoms with Gasteiger partial charge in [-0.05, 0) is 16.7 Å². The van der Waals surface area contributed by atoms with Gasteiger partial charge in [-0.1, -0.05) is 91.0 Å². The normalized spacial score (nSPS) is 8.48. The van der Waals surface area contributed by atoms with Crippen LogP contribution in [-0.4, -0.2) is 17.9 Å². The van der Waals surface area contributed by atoms with E-state index in [1.807, 2.05) is 30.3 Å². The van der Waals surface area contributed by atoms with Crippen LogP contribution in [0.1, 0.15) is 31.1 Å². The largest absolute Gasteiger partial charge is 4.00 e. The Labute approximate surface area is 207 Å². The summed E-state index contributed by atoms with van der Waals surface area (Å²) in [7, 11) is 0. The maximum Gasteiger partial charge on any atom is 4.00 e. The molecule has 7 heteroatoms. The average Bonchev–Trinajstić information content (AvgIpc) is 3.42. The van der Waals surface area contributed by atoms with E-state index in [2.05, 4.69) is 0 Å². The van der Waals surface area contributed by atoms with E-state index in [1.54, 1.807) is 54.6 Å². The van der Waals surface area contributed by atoms with Crippen molar-refractivity contribution in [3.63, 3.8) is 0 Å². The number of hydrogen-bond donors (Lipinski definition) is 0. The second kappa shape index (κ2) is 17.8. The van der Waals surface area contributed by atoms with Gasteiger partial charge in [-0.25, -0.2) is 12.1 Å². The van der Waals surface area contributed by atoms with Gasteiger partial charge in [0.25, 0.3) is 0 Å². The molecule has 0 radical (unpaired) electrons. The van der Waals surface area contributed by atoms with Crippen molar-refractivity contribution in [2.24, 2.45) is 0 Å². The molecule has 0 unspecified atom stereocenters. The van der Waals surface area contributed by atoms with E-state index in [0.717, 1.165) is 0 Å². The molecule has 0 N–H and O–H groups in total. The molecule has 4 rings (SSSR count). The van der Waals surface area contributed by atoms with E-state index in [4.69, 9.17) is 0 Å². The van der Waals surface area contributed by atoms with E-state index < -0.39 is 17.9 Å². The van der Waals surface area contributed by atoms with Crippen LogP contribution in [0.4, 0.5) is 0 Å². The SMILES string of the molecule is O=C([O-])c1ccccc1.O=C([O-])c1ccccc1.O=C([O-])c1ccccc1.[Ti+4].c1cc[cH-]c1. The van der Waals surface area contributed by atoms with Gasteiger partial charge >= 0.3 is 21.7 Å². The molecule has 0 aliphatic rings. The zero-order valence-corrected chi connectivity index (χ0v) is 19.1. The van der Waals surface area contributed by atoms with Gasteiger partial charge < -0.3 is 29.7 Å². The van der Waals surface area contributed by atoms with E-state index in [1.165, 1.54) is 36.4 Å². The standard InChI is InChI=1S/3C7H6O2.C5H5.Ti/c3*8-7(9)6-4-2-1-3-5-6;1-2-4-5-3-1;/h3*1-5H,(H,8,9);1-5H;/q;;;-1;+4/p-3. The van der Waals surface area contributed by atoms with E-state index >= 15 is 0 Å². The average molecular weight is 476 g/mol. The van der Waals surface area contributed by atoms with Crippen LogP contribution in [0.5, 0.6) is 0 Å². The van der Waals surface area contributed by atoms with E-state index in [9.17, 15) is 29.7 Å². The number of carboxylic acids is 3. The van der Waals surface area contributed by atoms with Crippen LogP contribution in [0, 0.1) is 0 Å². The molecule has 164 valence electrons. The van der Waals surface area contributed by atoms with Crippen LogP contribution >= 0.6 is 0 Å². The second-order valence-electron chi connectivity index (χ2n) is 5.92. The minimum absolute atomic E-state index is 0. The van der Waals surface area contributed by atoms with Crippen LogP contribution in [-0.2, 0) is 21.7 Å². The molecule has 0 atom stereocenters. The predicted molar refractivity (Wildman–Crippen MR) is 114 cm³/mol. The summed E-state index contributed by atoms with van der Waals surface area (Å²) in [5, 5.41) is 30.3. The summed E-state index contributed by atoms with van der Waals surface area (Å²) in [5.74, 6) is -3.39. The van der Waals surface area contributed by atoms with Crippen molar-refractivity contribution in [1.29, 1.82) is 0 Å². The summed E-state index contributed by atoms with van der Waals surface area (Å²) < 4.78 is 0. The third-order valence-electron chi connectivity index (χ3n) is 3.58. The number of carbonyl (C=O) groups is 3. The minimum atomic E-state index is -1.13. The molecule has 6 nitrogen and oxygen atoms in total. The molecule has 0 bridgehead atoms. The number of aromatic carboxylic acids is 3. The van der Waals surface area contributed by atoms with Crippen LogP contribution in [0.2, 0.25) is 0 Å². The Hall–Kier alpha value is -3.87. The molecular formula is C26H20O6Ti. The Bertz CT molecular complexity index is 899. The zero-order chi connectivity index (χ0) is 23.6. The molecule has 4 aromatic carbocycles. The third-order valence-corrected chi connectivity index (χ3v) is 3.58. The van der Waals surface area contributed by atoms with Crippen LogP contribution < -0.4 is 15.3 Å². The maximum atomic E-state index is 10.1. The first-order valence-electron chi connectivity index (χ1n) is 9.37. The fourth-order valence-corrected chi connectivity index (χ4v) is 2.04. The molecule has 4 aromatic rings. The first-order valence-corrected chi connectivity index (χ1v) is 9.37. The Balaban J connectivity index is 0.000000417. The first kappa shape index (κ1) is 29.1. The Morgan fingerprint density at radius 1 is 0.455 bits per heavy atom. The van der Waals surface area contributed by atoms with Gasteiger partial charge in [-0.3, -0.25) is 0 Å². The molecule has 0 heterocycles. The van der Waals surface area contributed by atoms with Crippen molar-refractivity contribution in [1.82, 2.24) is 0 Å². The van der Waals surface area contributed by atoms with Crippen molar-refractivity contribution < 1.29 is 51.4 Å². The smallest absolute Gasteiger partial charge is 0.545 e. The molecule has 0 spiro atoms. The van der Waals surface area contributed by atoms with Crippen LogP contribution in [0.3, 0.4) is 0 Å². The van der Waals surface area contributed by atoms with Crippen molar-refractivity contribution in [2.75, 3.05) is 0 Å². The van der Waals surface area contributed by atoms with Gasteiger partial charge in [0.05, 0.1) is 17.9 Å². The number of benzene rings is 3. The second-order valence-corrected chi connectivity index (χ2v) is 5.92. The van der Waals surface area contributed by atoms with Gasteiger partial charge in [0.2, 0.25) is 0 Å². The molecular weight excluding hydrogens is 456 g/mol. The van der Waals surface area contributed by atoms with Crippen LogP contribution in [0.25, 0.3) is 0 Å². The predicted octanol–water partition coefficient (Wildman–Crippen LogP) is 1.55. The quantitative estimate of drug-likeness (QED) is 0.327. The summed E-state index contributed by atoms with van der Waals surface area (Å²) in [6, 6.07) is 34.2. The number of carbonyl (C=O) groups excluding carboxylic acids is 3. The summed E-state index contributed by atoms with van der Waals surface area (Å²) >= 11 is 0. The summed E-state index contributed by atoms with van der Waals surface area (Å²) in [6.07, 6.45) is 0. The molecule has 0 saturated heterocycles. The van der Waals surface area contributed by atoms with E-state index in [0.29, 0.717) is 0 Å². The van der Waals surface area contributed by atoms with Crippen molar-refractivity contribution in [3.8, 4) is 0 Å². The topological polar surface area (TPSA) is 120 Å². The van der Waals surface area contributed by atoms with Crippen LogP contribution in [0.15, 0.2) is 121 Å². The molecule has 0 aromatic heterocycles. The fourth-order valence-electron chi connectivity index (χ4n) is 2.04. The van der Waals surface area contributed by atoms with Gasteiger partial charge in [0.15, 0.2) is 0 Å². The first-order chi connectivity index (χ1) is 15.4. The van der Waals surface area contributed by atoms with Gasteiger partial charge in [0, 0.05) is 0 Å². The number of carboxylic acid groups (broad SMARTS) is 3. The molecule has 0 aliphatic carbocycles. The summed E-state index contributed by atoms with van der Waals surface area (Å²) in [5.41, 5.74) is 0.660. The number of hydrogen-bond acceptors (Lipinski definition) is 6. The fraction of sp³-hybridized carbons (Fsp3) is 0.